The van der Waals surface area contributed by atoms with Crippen molar-refractivity contribution in [2.24, 2.45) is 0 Å². The molecule has 126 valence electrons. The van der Waals surface area contributed by atoms with Gasteiger partial charge in [0, 0.05) is 36.8 Å². The van der Waals surface area contributed by atoms with E-state index in [2.05, 4.69) is 16.0 Å². The Bertz CT molecular complexity index is 922. The van der Waals surface area contributed by atoms with Crippen LogP contribution < -0.4 is 4.74 Å². The molecule has 1 aromatic carbocycles. The van der Waals surface area contributed by atoms with E-state index >= 15 is 0 Å². The van der Waals surface area contributed by atoms with Crippen LogP contribution >= 0.6 is 0 Å². The summed E-state index contributed by atoms with van der Waals surface area (Å²) in [5.41, 5.74) is 3.95. The number of rotatable bonds is 3. The van der Waals surface area contributed by atoms with E-state index in [1.165, 1.54) is 0 Å². The Labute approximate surface area is 146 Å². The van der Waals surface area contributed by atoms with Crippen molar-refractivity contribution in [3.63, 3.8) is 0 Å². The number of nitrogens with zero attached hydrogens (tertiary/aromatic N) is 3. The predicted octanol–water partition coefficient (Wildman–Crippen LogP) is 2.77. The van der Waals surface area contributed by atoms with Gasteiger partial charge in [0.25, 0.3) is 0 Å². The Morgan fingerprint density at radius 3 is 2.88 bits per heavy atom. The maximum absolute atomic E-state index is 12.7. The highest BCUT2D eigenvalue weighted by Crippen LogP contribution is 2.22. The zero-order valence-corrected chi connectivity index (χ0v) is 14.1. The summed E-state index contributed by atoms with van der Waals surface area (Å²) in [6.07, 6.45) is 2.94. The predicted molar refractivity (Wildman–Crippen MR) is 95.4 cm³/mol. The van der Waals surface area contributed by atoms with Crippen molar-refractivity contribution < 1.29 is 9.53 Å². The van der Waals surface area contributed by atoms with Crippen LogP contribution in [0.1, 0.15) is 16.8 Å². The molecular formula is C20H19N3O2. The van der Waals surface area contributed by atoms with Crippen LogP contribution in [0.2, 0.25) is 0 Å². The molecule has 0 fully saturated rings. The van der Waals surface area contributed by atoms with Crippen molar-refractivity contribution in [3.05, 3.63) is 65.5 Å². The van der Waals surface area contributed by atoms with Gasteiger partial charge in [0.05, 0.1) is 13.5 Å². The van der Waals surface area contributed by atoms with Gasteiger partial charge in [-0.2, -0.15) is 0 Å². The molecule has 0 radical (unpaired) electrons. The van der Waals surface area contributed by atoms with Crippen LogP contribution in [-0.2, 0) is 24.2 Å². The van der Waals surface area contributed by atoms with E-state index in [0.717, 1.165) is 40.0 Å². The first-order valence-electron chi connectivity index (χ1n) is 8.37. The number of fused-ring (bicyclic) bond motifs is 2. The lowest BCUT2D eigenvalue weighted by atomic mass is 10.0. The summed E-state index contributed by atoms with van der Waals surface area (Å²) in [7, 11) is 1.64. The first-order chi connectivity index (χ1) is 12.2. The van der Waals surface area contributed by atoms with Crippen molar-refractivity contribution in [2.45, 2.75) is 19.4 Å². The number of benzene rings is 1. The molecule has 3 aromatic rings. The van der Waals surface area contributed by atoms with Crippen LogP contribution in [0.3, 0.4) is 0 Å². The second kappa shape index (κ2) is 6.51. The molecule has 5 heteroatoms. The van der Waals surface area contributed by atoms with Crippen LogP contribution in [0.4, 0.5) is 0 Å². The molecule has 1 amide bonds. The number of amides is 1. The molecule has 1 aliphatic rings. The van der Waals surface area contributed by atoms with Gasteiger partial charge >= 0.3 is 0 Å². The molecule has 0 saturated carbocycles. The van der Waals surface area contributed by atoms with E-state index in [4.69, 9.17) is 4.74 Å². The van der Waals surface area contributed by atoms with Gasteiger partial charge < -0.3 is 9.64 Å². The van der Waals surface area contributed by atoms with Gasteiger partial charge in [-0.15, -0.1) is 0 Å². The normalized spacial score (nSPS) is 13.6. The van der Waals surface area contributed by atoms with Crippen LogP contribution in [0.15, 0.2) is 48.7 Å². The molecule has 2 aromatic heterocycles. The monoisotopic (exact) mass is 333 g/mol. The first-order valence-corrected chi connectivity index (χ1v) is 8.37. The van der Waals surface area contributed by atoms with Crippen molar-refractivity contribution in [1.29, 1.82) is 0 Å². The molecular weight excluding hydrogens is 314 g/mol. The fraction of sp³-hybridized carbons (Fsp3) is 0.250. The van der Waals surface area contributed by atoms with Crippen LogP contribution in [0, 0.1) is 0 Å². The molecule has 0 saturated heterocycles. The molecule has 25 heavy (non-hydrogen) atoms. The zero-order chi connectivity index (χ0) is 17.2. The van der Waals surface area contributed by atoms with Gasteiger partial charge in [-0.25, -0.2) is 9.97 Å². The lowest BCUT2D eigenvalue weighted by molar-refractivity contribution is -0.131. The third-order valence-electron chi connectivity index (χ3n) is 4.60. The molecule has 0 unspecified atom stereocenters. The summed E-state index contributed by atoms with van der Waals surface area (Å²) in [6, 6.07) is 13.7. The minimum atomic E-state index is 0.141. The molecule has 0 bridgehead atoms. The lowest BCUT2D eigenvalue weighted by Crippen LogP contribution is -2.37. The Hall–Kier alpha value is -2.95. The standard InChI is InChI=1S/C20H19N3O2/c1-25-17-6-4-14(5-7-17)11-19(24)23-10-8-18-16(13-23)12-15-3-2-9-21-20(15)22-18/h2-7,9,12H,8,10-11,13H2,1H3. The van der Waals surface area contributed by atoms with Gasteiger partial charge in [0.2, 0.25) is 5.91 Å². The second-order valence-electron chi connectivity index (χ2n) is 6.23. The number of hydrogen-bond donors (Lipinski definition) is 0. The molecule has 1 aliphatic heterocycles. The first kappa shape index (κ1) is 15.6. The van der Waals surface area contributed by atoms with Gasteiger partial charge in [-0.3, -0.25) is 4.79 Å². The number of methoxy groups -OCH3 is 1. The van der Waals surface area contributed by atoms with Gasteiger partial charge in [0.15, 0.2) is 5.65 Å². The number of carbonyl (C=O) groups is 1. The molecule has 0 N–H and O–H groups in total. The molecule has 3 heterocycles. The van der Waals surface area contributed by atoms with Crippen molar-refractivity contribution in [1.82, 2.24) is 14.9 Å². The largest absolute Gasteiger partial charge is 0.497 e. The summed E-state index contributed by atoms with van der Waals surface area (Å²) in [5, 5.41) is 1.02. The van der Waals surface area contributed by atoms with Crippen molar-refractivity contribution >= 4 is 16.9 Å². The van der Waals surface area contributed by atoms with Gasteiger partial charge in [-0.1, -0.05) is 12.1 Å². The third kappa shape index (κ3) is 3.18. The Morgan fingerprint density at radius 2 is 2.08 bits per heavy atom. The SMILES string of the molecule is COc1ccc(CC(=O)N2CCc3nc4ncccc4cc3C2)cc1. The van der Waals surface area contributed by atoms with Crippen LogP contribution in [-0.4, -0.2) is 34.4 Å². The van der Waals surface area contributed by atoms with E-state index in [1.54, 1.807) is 13.3 Å². The second-order valence-corrected chi connectivity index (χ2v) is 6.23. The third-order valence-corrected chi connectivity index (χ3v) is 4.60. The van der Waals surface area contributed by atoms with E-state index < -0.39 is 0 Å². The number of ether oxygens (including phenoxy) is 1. The summed E-state index contributed by atoms with van der Waals surface area (Å²) in [6.45, 7) is 1.31. The lowest BCUT2D eigenvalue weighted by Gasteiger charge is -2.28. The topological polar surface area (TPSA) is 55.3 Å². The van der Waals surface area contributed by atoms with Crippen LogP contribution in [0.5, 0.6) is 5.75 Å². The van der Waals surface area contributed by atoms with Crippen molar-refractivity contribution in [2.75, 3.05) is 13.7 Å². The number of aromatic nitrogens is 2. The molecule has 0 spiro atoms. The summed E-state index contributed by atoms with van der Waals surface area (Å²) in [4.78, 5) is 23.5. The van der Waals surface area contributed by atoms with Gasteiger partial charge in [0.1, 0.15) is 5.75 Å². The maximum atomic E-state index is 12.7. The Morgan fingerprint density at radius 1 is 1.24 bits per heavy atom. The fourth-order valence-electron chi connectivity index (χ4n) is 3.21. The summed E-state index contributed by atoms with van der Waals surface area (Å²) < 4.78 is 5.16. The Kier molecular flexibility index (Phi) is 4.06. The van der Waals surface area contributed by atoms with Crippen LogP contribution in [0.25, 0.3) is 11.0 Å². The average Bonchev–Trinajstić information content (AvgIpc) is 2.66. The van der Waals surface area contributed by atoms with E-state index in [9.17, 15) is 4.79 Å². The molecule has 4 rings (SSSR count). The summed E-state index contributed by atoms with van der Waals surface area (Å²) >= 11 is 0. The number of hydrogen-bond acceptors (Lipinski definition) is 4. The van der Waals surface area contributed by atoms with Gasteiger partial charge in [-0.05, 0) is 41.5 Å². The number of pyridine rings is 2. The quantitative estimate of drug-likeness (QED) is 0.739. The maximum Gasteiger partial charge on any atom is 0.227 e. The van der Waals surface area contributed by atoms with E-state index in [-0.39, 0.29) is 5.91 Å². The Balaban J connectivity index is 1.50. The highest BCUT2D eigenvalue weighted by molar-refractivity contribution is 5.80. The van der Waals surface area contributed by atoms with E-state index in [1.807, 2.05) is 41.3 Å². The minimum Gasteiger partial charge on any atom is -0.497 e. The molecule has 0 atom stereocenters. The smallest absolute Gasteiger partial charge is 0.227 e. The summed E-state index contributed by atoms with van der Waals surface area (Å²) in [5.74, 6) is 0.941. The van der Waals surface area contributed by atoms with Crippen molar-refractivity contribution in [3.8, 4) is 5.75 Å². The zero-order valence-electron chi connectivity index (χ0n) is 14.1. The van der Waals surface area contributed by atoms with E-state index in [0.29, 0.717) is 19.5 Å². The molecule has 0 aliphatic carbocycles. The minimum absolute atomic E-state index is 0.141. The molecule has 5 nitrogen and oxygen atoms in total. The fourth-order valence-corrected chi connectivity index (χ4v) is 3.21. The number of carbonyl (C=O) groups excluding carboxylic acids is 1. The highest BCUT2D eigenvalue weighted by Gasteiger charge is 2.22. The average molecular weight is 333 g/mol. The highest BCUT2D eigenvalue weighted by atomic mass is 16.5.